The molecule has 1 unspecified atom stereocenters. The van der Waals surface area contributed by atoms with Crippen LogP contribution in [0, 0.1) is 0 Å². The first kappa shape index (κ1) is 9.93. The van der Waals surface area contributed by atoms with E-state index in [0.29, 0.717) is 0 Å². The predicted octanol–water partition coefficient (Wildman–Crippen LogP) is 1.15. The number of furan rings is 1. The van der Waals surface area contributed by atoms with E-state index < -0.39 is 0 Å². The molecule has 0 amide bonds. The quantitative estimate of drug-likeness (QED) is 0.743. The first-order chi connectivity index (χ1) is 7.95. The van der Waals surface area contributed by atoms with Crippen LogP contribution in [0.4, 0.5) is 0 Å². The lowest BCUT2D eigenvalue weighted by Gasteiger charge is -2.31. The molecule has 3 heterocycles. The van der Waals surface area contributed by atoms with Gasteiger partial charge in [0.05, 0.1) is 6.26 Å². The molecule has 16 heavy (non-hydrogen) atoms. The molecule has 2 aliphatic rings. The zero-order valence-electron chi connectivity index (χ0n) is 9.28. The maximum atomic E-state index is 5.44. The maximum absolute atomic E-state index is 5.44. The summed E-state index contributed by atoms with van der Waals surface area (Å²) >= 11 is 0. The summed E-state index contributed by atoms with van der Waals surface area (Å²) in [5, 5.41) is 6.84. The lowest BCUT2D eigenvalue weighted by molar-refractivity contribution is 0.188. The fraction of sp³-hybridized carbons (Fsp3) is 0.500. The van der Waals surface area contributed by atoms with Crippen molar-refractivity contribution in [1.29, 1.82) is 0 Å². The van der Waals surface area contributed by atoms with Crippen molar-refractivity contribution in [3.8, 4) is 0 Å². The molecule has 0 bridgehead atoms. The Kier molecular flexibility index (Phi) is 2.68. The highest BCUT2D eigenvalue weighted by Gasteiger charge is 2.25. The predicted molar refractivity (Wildman–Crippen MR) is 62.7 cm³/mol. The number of nitrogens with one attached hydrogen (secondary N) is 2. The summed E-state index contributed by atoms with van der Waals surface area (Å²) in [6.07, 6.45) is 7.22. The number of hydrogen-bond acceptors (Lipinski definition) is 4. The van der Waals surface area contributed by atoms with Crippen molar-refractivity contribution in [2.75, 3.05) is 26.2 Å². The van der Waals surface area contributed by atoms with Gasteiger partial charge in [-0.25, -0.2) is 0 Å². The molecule has 4 nitrogen and oxygen atoms in total. The van der Waals surface area contributed by atoms with Crippen molar-refractivity contribution in [1.82, 2.24) is 15.5 Å². The third-order valence-corrected chi connectivity index (χ3v) is 3.25. The topological polar surface area (TPSA) is 40.4 Å². The van der Waals surface area contributed by atoms with Crippen LogP contribution in [0.25, 0.3) is 6.08 Å². The average molecular weight is 219 g/mol. The molecule has 1 aromatic heterocycles. The van der Waals surface area contributed by atoms with E-state index >= 15 is 0 Å². The van der Waals surface area contributed by atoms with Crippen LogP contribution in [-0.2, 0) is 0 Å². The van der Waals surface area contributed by atoms with E-state index in [1.54, 1.807) is 6.26 Å². The molecular formula is C12H17N3O. The van der Waals surface area contributed by atoms with E-state index in [1.165, 1.54) is 12.0 Å². The number of fused-ring (bicyclic) bond motifs is 1. The molecule has 1 atom stereocenters. The average Bonchev–Trinajstić information content (AvgIpc) is 2.63. The fourth-order valence-electron chi connectivity index (χ4n) is 2.42. The molecular weight excluding hydrogens is 202 g/mol. The van der Waals surface area contributed by atoms with Gasteiger partial charge in [0.2, 0.25) is 0 Å². The zero-order chi connectivity index (χ0) is 10.8. The summed E-state index contributed by atoms with van der Waals surface area (Å²) < 4.78 is 5.44. The Morgan fingerprint density at radius 3 is 3.31 bits per heavy atom. The van der Waals surface area contributed by atoms with Crippen molar-refractivity contribution >= 4 is 6.08 Å². The molecule has 3 rings (SSSR count). The van der Waals surface area contributed by atoms with Crippen molar-refractivity contribution in [2.24, 2.45) is 0 Å². The monoisotopic (exact) mass is 219 g/mol. The fourth-order valence-corrected chi connectivity index (χ4v) is 2.42. The van der Waals surface area contributed by atoms with Gasteiger partial charge in [0.15, 0.2) is 0 Å². The first-order valence-corrected chi connectivity index (χ1v) is 5.90. The van der Waals surface area contributed by atoms with Crippen LogP contribution >= 0.6 is 0 Å². The molecule has 0 saturated carbocycles. The highest BCUT2D eigenvalue weighted by molar-refractivity contribution is 5.51. The van der Waals surface area contributed by atoms with Gasteiger partial charge in [-0.05, 0) is 25.1 Å². The van der Waals surface area contributed by atoms with E-state index in [-0.39, 0.29) is 6.17 Å². The van der Waals surface area contributed by atoms with Crippen molar-refractivity contribution in [2.45, 2.75) is 12.6 Å². The SMILES string of the molecule is C1=Cc2occc2C(N2CCCNCC2)N1. The van der Waals surface area contributed by atoms with E-state index in [0.717, 1.165) is 31.9 Å². The standard InChI is InChI=1S/C12H17N3O/c1-4-13-6-8-15(7-1)12-10-3-9-16-11(10)2-5-14-12/h2-3,5,9,12-14H,1,4,6-8H2. The first-order valence-electron chi connectivity index (χ1n) is 5.90. The van der Waals surface area contributed by atoms with Gasteiger partial charge in [-0.3, -0.25) is 4.90 Å². The Balaban J connectivity index is 1.82. The van der Waals surface area contributed by atoms with Crippen LogP contribution in [-0.4, -0.2) is 31.1 Å². The van der Waals surface area contributed by atoms with E-state index in [1.807, 2.05) is 12.3 Å². The minimum atomic E-state index is 0.277. The highest BCUT2D eigenvalue weighted by Crippen LogP contribution is 2.27. The zero-order valence-corrected chi connectivity index (χ0v) is 9.28. The lowest BCUT2D eigenvalue weighted by Crippen LogP contribution is -2.39. The van der Waals surface area contributed by atoms with Gasteiger partial charge in [0.25, 0.3) is 0 Å². The summed E-state index contributed by atoms with van der Waals surface area (Å²) in [6.45, 7) is 4.39. The van der Waals surface area contributed by atoms with Gasteiger partial charge in [-0.1, -0.05) is 0 Å². The molecule has 2 aliphatic heterocycles. The summed E-state index contributed by atoms with van der Waals surface area (Å²) in [4.78, 5) is 2.47. The second-order valence-electron chi connectivity index (χ2n) is 4.28. The van der Waals surface area contributed by atoms with E-state index in [4.69, 9.17) is 4.42 Å². The summed E-state index contributed by atoms with van der Waals surface area (Å²) in [7, 11) is 0. The molecule has 1 aromatic rings. The minimum Gasteiger partial charge on any atom is -0.465 e. The van der Waals surface area contributed by atoms with Crippen molar-refractivity contribution in [3.63, 3.8) is 0 Å². The van der Waals surface area contributed by atoms with Crippen molar-refractivity contribution in [3.05, 3.63) is 29.9 Å². The summed E-state index contributed by atoms with van der Waals surface area (Å²) in [6, 6.07) is 2.06. The van der Waals surface area contributed by atoms with Crippen LogP contribution < -0.4 is 10.6 Å². The molecule has 86 valence electrons. The smallest absolute Gasteiger partial charge is 0.134 e. The molecule has 4 heteroatoms. The van der Waals surface area contributed by atoms with Crippen LogP contribution in [0.15, 0.2) is 22.9 Å². The second-order valence-corrected chi connectivity index (χ2v) is 4.28. The number of hydrogen-bond donors (Lipinski definition) is 2. The van der Waals surface area contributed by atoms with E-state index in [2.05, 4.69) is 21.6 Å². The highest BCUT2D eigenvalue weighted by atomic mass is 16.3. The largest absolute Gasteiger partial charge is 0.465 e. The van der Waals surface area contributed by atoms with Crippen LogP contribution in [0.5, 0.6) is 0 Å². The third kappa shape index (κ3) is 1.74. The molecule has 0 aliphatic carbocycles. The third-order valence-electron chi connectivity index (χ3n) is 3.25. The Morgan fingerprint density at radius 1 is 1.31 bits per heavy atom. The maximum Gasteiger partial charge on any atom is 0.134 e. The molecule has 0 radical (unpaired) electrons. The molecule has 0 aromatic carbocycles. The Bertz CT molecular complexity index is 377. The Morgan fingerprint density at radius 2 is 2.31 bits per heavy atom. The van der Waals surface area contributed by atoms with Crippen molar-refractivity contribution < 1.29 is 4.42 Å². The second kappa shape index (κ2) is 4.31. The van der Waals surface area contributed by atoms with Gasteiger partial charge in [0.1, 0.15) is 11.9 Å². The van der Waals surface area contributed by atoms with Gasteiger partial charge >= 0.3 is 0 Å². The van der Waals surface area contributed by atoms with Crippen LogP contribution in [0.1, 0.15) is 23.9 Å². The molecule has 1 saturated heterocycles. The number of rotatable bonds is 1. The van der Waals surface area contributed by atoms with Gasteiger partial charge < -0.3 is 15.1 Å². The van der Waals surface area contributed by atoms with Gasteiger partial charge in [-0.2, -0.15) is 0 Å². The molecule has 1 fully saturated rings. The normalized spacial score (nSPS) is 25.9. The Labute approximate surface area is 95.3 Å². The Hall–Kier alpha value is -1.26. The molecule has 0 spiro atoms. The van der Waals surface area contributed by atoms with Gasteiger partial charge in [0, 0.05) is 31.4 Å². The minimum absolute atomic E-state index is 0.277. The number of nitrogens with zero attached hydrogens (tertiary/aromatic N) is 1. The van der Waals surface area contributed by atoms with Crippen LogP contribution in [0.2, 0.25) is 0 Å². The van der Waals surface area contributed by atoms with Gasteiger partial charge in [-0.15, -0.1) is 0 Å². The van der Waals surface area contributed by atoms with Crippen LogP contribution in [0.3, 0.4) is 0 Å². The summed E-state index contributed by atoms with van der Waals surface area (Å²) in [5.74, 6) is 0.987. The summed E-state index contributed by atoms with van der Waals surface area (Å²) in [5.41, 5.74) is 1.25. The van der Waals surface area contributed by atoms with E-state index in [9.17, 15) is 0 Å². The molecule has 2 N–H and O–H groups in total. The lowest BCUT2D eigenvalue weighted by atomic mass is 10.1.